The summed E-state index contributed by atoms with van der Waals surface area (Å²) in [5, 5.41) is 16.0. The predicted molar refractivity (Wildman–Crippen MR) is 79.5 cm³/mol. The Balaban J connectivity index is 2.04. The van der Waals surface area contributed by atoms with E-state index in [4.69, 9.17) is 0 Å². The van der Waals surface area contributed by atoms with Crippen molar-refractivity contribution in [3.63, 3.8) is 0 Å². The van der Waals surface area contributed by atoms with Crippen molar-refractivity contribution in [1.82, 2.24) is 4.98 Å². The Morgan fingerprint density at radius 2 is 1.76 bits per heavy atom. The molecule has 0 unspecified atom stereocenters. The van der Waals surface area contributed by atoms with E-state index in [9.17, 15) is 13.9 Å². The molecule has 3 N–H and O–H groups in total. The van der Waals surface area contributed by atoms with Crippen LogP contribution >= 0.6 is 0 Å². The van der Waals surface area contributed by atoms with E-state index < -0.39 is 17.2 Å². The normalized spacial score (nSPS) is 17.5. The van der Waals surface area contributed by atoms with Gasteiger partial charge in [0.1, 0.15) is 0 Å². The van der Waals surface area contributed by atoms with Crippen molar-refractivity contribution in [1.29, 1.82) is 0 Å². The summed E-state index contributed by atoms with van der Waals surface area (Å²) >= 11 is 0. The highest BCUT2D eigenvalue weighted by Crippen LogP contribution is 2.28. The van der Waals surface area contributed by atoms with Crippen molar-refractivity contribution < 1.29 is 13.9 Å². The Morgan fingerprint density at radius 1 is 1.14 bits per heavy atom. The highest BCUT2D eigenvalue weighted by atomic mass is 19.1. The van der Waals surface area contributed by atoms with Crippen LogP contribution in [0.2, 0.25) is 0 Å². The van der Waals surface area contributed by atoms with E-state index in [2.05, 4.69) is 15.6 Å². The third-order valence-corrected chi connectivity index (χ3v) is 3.84. The van der Waals surface area contributed by atoms with Crippen LogP contribution in [0.15, 0.2) is 6.07 Å². The summed E-state index contributed by atoms with van der Waals surface area (Å²) in [4.78, 5) is 3.94. The Labute approximate surface area is 124 Å². The van der Waals surface area contributed by atoms with Crippen LogP contribution in [0.1, 0.15) is 45.4 Å². The van der Waals surface area contributed by atoms with E-state index in [1.54, 1.807) is 0 Å². The molecule has 0 saturated heterocycles. The smallest absolute Gasteiger partial charge is 0.168 e. The van der Waals surface area contributed by atoms with Crippen molar-refractivity contribution in [2.24, 2.45) is 0 Å². The Kier molecular flexibility index (Phi) is 5.33. The standard InChI is InChI=1S/C15H23F2N3O/c1-2-8-18-13-11(16)9-12(17)14(20-13)19-10-15(21)6-4-3-5-7-15/h9,21H,2-8,10H2,1H3,(H2,18,19,20). The second kappa shape index (κ2) is 7.02. The highest BCUT2D eigenvalue weighted by Gasteiger charge is 2.29. The van der Waals surface area contributed by atoms with E-state index in [1.165, 1.54) is 0 Å². The fourth-order valence-electron chi connectivity index (χ4n) is 2.59. The SMILES string of the molecule is CCCNc1nc(NCC2(O)CCCCC2)c(F)cc1F. The number of hydrogen-bond acceptors (Lipinski definition) is 4. The van der Waals surface area contributed by atoms with Crippen LogP contribution in [0.4, 0.5) is 20.4 Å². The van der Waals surface area contributed by atoms with Gasteiger partial charge in [0.2, 0.25) is 0 Å². The van der Waals surface area contributed by atoms with Crippen LogP contribution in [0.25, 0.3) is 0 Å². The van der Waals surface area contributed by atoms with Gasteiger partial charge in [-0.25, -0.2) is 13.8 Å². The van der Waals surface area contributed by atoms with Crippen molar-refractivity contribution in [3.05, 3.63) is 17.7 Å². The molecular formula is C15H23F2N3O. The van der Waals surface area contributed by atoms with Crippen molar-refractivity contribution in [3.8, 4) is 0 Å². The van der Waals surface area contributed by atoms with Crippen LogP contribution < -0.4 is 10.6 Å². The third-order valence-electron chi connectivity index (χ3n) is 3.84. The first kappa shape index (κ1) is 15.9. The molecule has 0 bridgehead atoms. The number of nitrogens with zero attached hydrogens (tertiary/aromatic N) is 1. The fraction of sp³-hybridized carbons (Fsp3) is 0.667. The van der Waals surface area contributed by atoms with Gasteiger partial charge < -0.3 is 15.7 Å². The van der Waals surface area contributed by atoms with Gasteiger partial charge in [-0.2, -0.15) is 0 Å². The third kappa shape index (κ3) is 4.27. The van der Waals surface area contributed by atoms with Crippen LogP contribution in [-0.2, 0) is 0 Å². The number of anilines is 2. The lowest BCUT2D eigenvalue weighted by molar-refractivity contribution is 0.0166. The zero-order valence-corrected chi connectivity index (χ0v) is 12.4. The first-order valence-electron chi connectivity index (χ1n) is 7.60. The summed E-state index contributed by atoms with van der Waals surface area (Å²) in [6.07, 6.45) is 5.28. The number of nitrogens with one attached hydrogen (secondary N) is 2. The number of hydrogen-bond donors (Lipinski definition) is 3. The molecule has 118 valence electrons. The molecule has 1 aliphatic carbocycles. The minimum Gasteiger partial charge on any atom is -0.388 e. The molecule has 1 heterocycles. The monoisotopic (exact) mass is 299 g/mol. The molecule has 1 saturated carbocycles. The molecule has 1 aromatic heterocycles. The molecule has 1 aliphatic rings. The maximum absolute atomic E-state index is 13.8. The van der Waals surface area contributed by atoms with Crippen LogP contribution in [0.5, 0.6) is 0 Å². The predicted octanol–water partition coefficient (Wildman–Crippen LogP) is 3.29. The molecule has 0 aliphatic heterocycles. The second-order valence-electron chi connectivity index (χ2n) is 5.71. The molecule has 4 nitrogen and oxygen atoms in total. The average molecular weight is 299 g/mol. The molecule has 0 radical (unpaired) electrons. The molecule has 21 heavy (non-hydrogen) atoms. The summed E-state index contributed by atoms with van der Waals surface area (Å²) in [5.74, 6) is -1.43. The molecule has 2 rings (SSSR count). The molecule has 6 heteroatoms. The zero-order chi connectivity index (χ0) is 15.3. The van der Waals surface area contributed by atoms with Gasteiger partial charge in [0.25, 0.3) is 0 Å². The number of rotatable bonds is 6. The van der Waals surface area contributed by atoms with E-state index in [0.717, 1.165) is 31.7 Å². The first-order valence-corrected chi connectivity index (χ1v) is 7.60. The van der Waals surface area contributed by atoms with E-state index in [0.29, 0.717) is 19.4 Å². The van der Waals surface area contributed by atoms with Crippen molar-refractivity contribution in [2.45, 2.75) is 51.0 Å². The maximum Gasteiger partial charge on any atom is 0.168 e. The fourth-order valence-corrected chi connectivity index (χ4v) is 2.59. The van der Waals surface area contributed by atoms with Crippen LogP contribution in [0, 0.1) is 11.6 Å². The quantitative estimate of drug-likeness (QED) is 0.754. The summed E-state index contributed by atoms with van der Waals surface area (Å²) in [5.41, 5.74) is -0.822. The summed E-state index contributed by atoms with van der Waals surface area (Å²) in [7, 11) is 0. The van der Waals surface area contributed by atoms with E-state index in [1.807, 2.05) is 6.92 Å². The lowest BCUT2D eigenvalue weighted by atomic mass is 9.85. The van der Waals surface area contributed by atoms with Gasteiger partial charge in [-0.05, 0) is 19.3 Å². The van der Waals surface area contributed by atoms with Crippen molar-refractivity contribution >= 4 is 11.6 Å². The minimum atomic E-state index is -0.822. The number of pyridine rings is 1. The largest absolute Gasteiger partial charge is 0.388 e. The number of aromatic nitrogens is 1. The van der Waals surface area contributed by atoms with Gasteiger partial charge in [0.15, 0.2) is 23.3 Å². The molecule has 0 spiro atoms. The number of halogens is 2. The van der Waals surface area contributed by atoms with E-state index in [-0.39, 0.29) is 18.2 Å². The Hall–Kier alpha value is -1.43. The summed E-state index contributed by atoms with van der Waals surface area (Å²) < 4.78 is 27.3. The van der Waals surface area contributed by atoms with Crippen molar-refractivity contribution in [2.75, 3.05) is 23.7 Å². The van der Waals surface area contributed by atoms with E-state index >= 15 is 0 Å². The molecule has 1 fully saturated rings. The first-order chi connectivity index (χ1) is 10.0. The molecule has 0 aromatic carbocycles. The van der Waals surface area contributed by atoms with Gasteiger partial charge in [-0.1, -0.05) is 26.2 Å². The average Bonchev–Trinajstić information content (AvgIpc) is 2.46. The van der Waals surface area contributed by atoms with Gasteiger partial charge in [0.05, 0.1) is 5.60 Å². The maximum atomic E-state index is 13.8. The summed E-state index contributed by atoms with van der Waals surface area (Å²) in [6, 6.07) is 0.818. The lowest BCUT2D eigenvalue weighted by Crippen LogP contribution is -2.39. The topological polar surface area (TPSA) is 57.2 Å². The zero-order valence-electron chi connectivity index (χ0n) is 12.4. The lowest BCUT2D eigenvalue weighted by Gasteiger charge is -2.32. The van der Waals surface area contributed by atoms with Gasteiger partial charge in [-0.3, -0.25) is 0 Å². The number of aliphatic hydroxyl groups is 1. The second-order valence-corrected chi connectivity index (χ2v) is 5.71. The Bertz CT molecular complexity index is 476. The summed E-state index contributed by atoms with van der Waals surface area (Å²) in [6.45, 7) is 2.75. The highest BCUT2D eigenvalue weighted by molar-refractivity contribution is 5.47. The Morgan fingerprint density at radius 3 is 2.38 bits per heavy atom. The molecule has 0 amide bonds. The van der Waals surface area contributed by atoms with Crippen LogP contribution in [-0.4, -0.2) is 28.8 Å². The molecular weight excluding hydrogens is 276 g/mol. The van der Waals surface area contributed by atoms with Gasteiger partial charge >= 0.3 is 0 Å². The minimum absolute atomic E-state index is 0.0194. The van der Waals surface area contributed by atoms with Crippen LogP contribution in [0.3, 0.4) is 0 Å². The molecule has 1 aromatic rings. The van der Waals surface area contributed by atoms with Gasteiger partial charge in [-0.15, -0.1) is 0 Å². The van der Waals surface area contributed by atoms with Gasteiger partial charge in [0, 0.05) is 19.2 Å². The molecule has 0 atom stereocenters.